The molecule has 1 saturated heterocycles. The van der Waals surface area contributed by atoms with Crippen LogP contribution >= 0.6 is 0 Å². The van der Waals surface area contributed by atoms with Crippen molar-refractivity contribution in [3.05, 3.63) is 18.0 Å². The predicted molar refractivity (Wildman–Crippen MR) is 69.6 cm³/mol. The summed E-state index contributed by atoms with van der Waals surface area (Å²) >= 11 is 0. The van der Waals surface area contributed by atoms with E-state index >= 15 is 0 Å². The van der Waals surface area contributed by atoms with Crippen LogP contribution in [-0.2, 0) is 7.05 Å². The topological polar surface area (TPSA) is 47.1 Å². The summed E-state index contributed by atoms with van der Waals surface area (Å²) in [5, 5.41) is 4.27. The maximum Gasteiger partial charge on any atom is 0.0538 e. The first-order chi connectivity index (χ1) is 8.08. The average Bonchev–Trinajstić information content (AvgIpc) is 2.64. The third-order valence-electron chi connectivity index (χ3n) is 3.45. The molecule has 1 aromatic heterocycles. The Morgan fingerprint density at radius 3 is 2.88 bits per heavy atom. The highest BCUT2D eigenvalue weighted by atomic mass is 15.3. The minimum Gasteiger partial charge on any atom is -0.326 e. The summed E-state index contributed by atoms with van der Waals surface area (Å²) in [5.41, 5.74) is 7.57. The van der Waals surface area contributed by atoms with Crippen molar-refractivity contribution in [3.63, 3.8) is 0 Å². The molecular formula is C13H24N4. The summed E-state index contributed by atoms with van der Waals surface area (Å²) in [7, 11) is 1.96. The molecule has 0 aromatic carbocycles. The molecule has 0 saturated carbocycles. The van der Waals surface area contributed by atoms with E-state index in [2.05, 4.69) is 30.0 Å². The van der Waals surface area contributed by atoms with Crippen molar-refractivity contribution < 1.29 is 0 Å². The number of aryl methyl sites for hydroxylation is 1. The first kappa shape index (κ1) is 12.6. The zero-order valence-electron chi connectivity index (χ0n) is 11.1. The van der Waals surface area contributed by atoms with Gasteiger partial charge in [0.2, 0.25) is 0 Å². The molecule has 2 atom stereocenters. The Hall–Kier alpha value is -0.870. The normalized spacial score (nSPS) is 26.6. The van der Waals surface area contributed by atoms with Gasteiger partial charge < -0.3 is 5.73 Å². The Kier molecular flexibility index (Phi) is 3.84. The van der Waals surface area contributed by atoms with Gasteiger partial charge in [0, 0.05) is 31.4 Å². The van der Waals surface area contributed by atoms with Gasteiger partial charge in [-0.05, 0) is 25.3 Å². The molecule has 0 aliphatic carbocycles. The van der Waals surface area contributed by atoms with Crippen LogP contribution < -0.4 is 5.73 Å². The van der Waals surface area contributed by atoms with Gasteiger partial charge in [-0.3, -0.25) is 9.58 Å². The molecule has 0 amide bonds. The number of hydrogen-bond donors (Lipinski definition) is 1. The highest BCUT2D eigenvalue weighted by Crippen LogP contribution is 2.30. The van der Waals surface area contributed by atoms with Crippen LogP contribution in [0.15, 0.2) is 12.4 Å². The first-order valence-electron chi connectivity index (χ1n) is 6.56. The van der Waals surface area contributed by atoms with Gasteiger partial charge in [0.15, 0.2) is 0 Å². The quantitative estimate of drug-likeness (QED) is 0.866. The second kappa shape index (κ2) is 5.19. The number of piperidine rings is 1. The number of nitrogens with zero attached hydrogens (tertiary/aromatic N) is 3. The minimum atomic E-state index is 0.242. The lowest BCUT2D eigenvalue weighted by Crippen LogP contribution is -2.46. The summed E-state index contributed by atoms with van der Waals surface area (Å²) in [6, 6.07) is 0.589. The van der Waals surface area contributed by atoms with Gasteiger partial charge in [0.1, 0.15) is 0 Å². The van der Waals surface area contributed by atoms with E-state index < -0.39 is 0 Å². The monoisotopic (exact) mass is 236 g/mol. The molecule has 96 valence electrons. The van der Waals surface area contributed by atoms with E-state index in [4.69, 9.17) is 5.73 Å². The van der Waals surface area contributed by atoms with Gasteiger partial charge in [-0.1, -0.05) is 13.8 Å². The SMILES string of the molecule is CC(C)CN1CCCC(N)C1c1cnn(C)c1. The van der Waals surface area contributed by atoms with Crippen LogP contribution in [0.1, 0.15) is 38.3 Å². The van der Waals surface area contributed by atoms with E-state index in [-0.39, 0.29) is 6.04 Å². The summed E-state index contributed by atoms with van der Waals surface area (Å²) in [6.07, 6.45) is 6.39. The van der Waals surface area contributed by atoms with E-state index in [0.717, 1.165) is 19.5 Å². The summed E-state index contributed by atoms with van der Waals surface area (Å²) in [4.78, 5) is 2.52. The Balaban J connectivity index is 2.18. The van der Waals surface area contributed by atoms with E-state index in [0.29, 0.717) is 12.0 Å². The maximum atomic E-state index is 6.31. The molecule has 4 heteroatoms. The lowest BCUT2D eigenvalue weighted by Gasteiger charge is -2.40. The van der Waals surface area contributed by atoms with Crippen LogP contribution in [-0.4, -0.2) is 33.8 Å². The number of nitrogens with two attached hydrogens (primary N) is 1. The Morgan fingerprint density at radius 2 is 2.29 bits per heavy atom. The maximum absolute atomic E-state index is 6.31. The van der Waals surface area contributed by atoms with Crippen molar-refractivity contribution in [2.45, 2.75) is 38.8 Å². The van der Waals surface area contributed by atoms with Gasteiger partial charge in [0.25, 0.3) is 0 Å². The fourth-order valence-corrected chi connectivity index (χ4v) is 2.82. The lowest BCUT2D eigenvalue weighted by molar-refractivity contribution is 0.114. The summed E-state index contributed by atoms with van der Waals surface area (Å²) in [6.45, 7) is 6.81. The number of aromatic nitrogens is 2. The second-order valence-corrected chi connectivity index (χ2v) is 5.59. The largest absolute Gasteiger partial charge is 0.326 e. The number of hydrogen-bond acceptors (Lipinski definition) is 3. The van der Waals surface area contributed by atoms with E-state index in [9.17, 15) is 0 Å². The molecule has 2 heterocycles. The van der Waals surface area contributed by atoms with Gasteiger partial charge >= 0.3 is 0 Å². The Labute approximate surface area is 104 Å². The molecule has 2 N–H and O–H groups in total. The van der Waals surface area contributed by atoms with Crippen molar-refractivity contribution >= 4 is 0 Å². The van der Waals surface area contributed by atoms with Gasteiger partial charge in [-0.25, -0.2) is 0 Å². The van der Waals surface area contributed by atoms with Crippen molar-refractivity contribution in [1.29, 1.82) is 0 Å². The Bertz CT molecular complexity index is 358. The fraction of sp³-hybridized carbons (Fsp3) is 0.769. The van der Waals surface area contributed by atoms with Crippen molar-refractivity contribution in [2.24, 2.45) is 18.7 Å². The molecule has 1 fully saturated rings. The molecule has 1 aliphatic heterocycles. The minimum absolute atomic E-state index is 0.242. The van der Waals surface area contributed by atoms with Crippen LogP contribution in [0.25, 0.3) is 0 Å². The van der Waals surface area contributed by atoms with Gasteiger partial charge in [-0.2, -0.15) is 5.10 Å². The molecule has 17 heavy (non-hydrogen) atoms. The van der Waals surface area contributed by atoms with Crippen molar-refractivity contribution in [1.82, 2.24) is 14.7 Å². The fourth-order valence-electron chi connectivity index (χ4n) is 2.82. The summed E-state index contributed by atoms with van der Waals surface area (Å²) in [5.74, 6) is 0.680. The van der Waals surface area contributed by atoms with E-state index in [1.807, 2.05) is 17.9 Å². The van der Waals surface area contributed by atoms with Crippen LogP contribution in [0.4, 0.5) is 0 Å². The molecule has 0 radical (unpaired) electrons. The van der Waals surface area contributed by atoms with Crippen LogP contribution in [0.5, 0.6) is 0 Å². The van der Waals surface area contributed by atoms with Gasteiger partial charge in [-0.15, -0.1) is 0 Å². The second-order valence-electron chi connectivity index (χ2n) is 5.59. The average molecular weight is 236 g/mol. The molecule has 2 rings (SSSR count). The standard InChI is InChI=1S/C13H24N4/c1-10(2)8-17-6-4-5-12(14)13(17)11-7-15-16(3)9-11/h7,9-10,12-13H,4-6,8,14H2,1-3H3. The molecule has 1 aliphatic rings. The van der Waals surface area contributed by atoms with E-state index in [1.54, 1.807) is 0 Å². The molecular weight excluding hydrogens is 212 g/mol. The molecule has 4 nitrogen and oxygen atoms in total. The molecule has 1 aromatic rings. The lowest BCUT2D eigenvalue weighted by atomic mass is 9.92. The highest BCUT2D eigenvalue weighted by molar-refractivity contribution is 5.14. The van der Waals surface area contributed by atoms with Gasteiger partial charge in [0.05, 0.1) is 12.2 Å². The predicted octanol–water partition coefficient (Wildman–Crippen LogP) is 1.54. The Morgan fingerprint density at radius 1 is 1.53 bits per heavy atom. The third-order valence-corrected chi connectivity index (χ3v) is 3.45. The van der Waals surface area contributed by atoms with Crippen molar-refractivity contribution in [2.75, 3.05) is 13.1 Å². The molecule has 0 spiro atoms. The van der Waals surface area contributed by atoms with Crippen LogP contribution in [0, 0.1) is 5.92 Å². The number of rotatable bonds is 3. The van der Waals surface area contributed by atoms with E-state index in [1.165, 1.54) is 12.0 Å². The first-order valence-corrected chi connectivity index (χ1v) is 6.56. The number of likely N-dealkylation sites (tertiary alicyclic amines) is 1. The smallest absolute Gasteiger partial charge is 0.0538 e. The zero-order chi connectivity index (χ0) is 12.4. The van der Waals surface area contributed by atoms with Crippen molar-refractivity contribution in [3.8, 4) is 0 Å². The molecule has 0 bridgehead atoms. The summed E-state index contributed by atoms with van der Waals surface area (Å²) < 4.78 is 1.87. The van der Waals surface area contributed by atoms with Crippen LogP contribution in [0.2, 0.25) is 0 Å². The highest BCUT2D eigenvalue weighted by Gasteiger charge is 2.31. The molecule has 2 unspecified atom stereocenters. The zero-order valence-corrected chi connectivity index (χ0v) is 11.1. The third kappa shape index (κ3) is 2.87. The van der Waals surface area contributed by atoms with Crippen LogP contribution in [0.3, 0.4) is 0 Å².